The maximum atomic E-state index is 10.7. The molecule has 0 aliphatic carbocycles. The van der Waals surface area contributed by atoms with Gasteiger partial charge in [-0.1, -0.05) is 6.07 Å². The second-order valence-corrected chi connectivity index (χ2v) is 3.12. The number of hydrogen-bond donors (Lipinski definition) is 1. The molecule has 0 bridgehead atoms. The van der Waals surface area contributed by atoms with Gasteiger partial charge in [-0.3, -0.25) is 4.79 Å². The van der Waals surface area contributed by atoms with E-state index in [1.807, 2.05) is 13.0 Å². The van der Waals surface area contributed by atoms with Crippen molar-refractivity contribution in [1.29, 1.82) is 5.26 Å². The number of aldehydes is 1. The summed E-state index contributed by atoms with van der Waals surface area (Å²) in [6.45, 7) is 1.84. The Morgan fingerprint density at radius 1 is 1.50 bits per heavy atom. The van der Waals surface area contributed by atoms with E-state index < -0.39 is 0 Å². The second kappa shape index (κ2) is 3.00. The van der Waals surface area contributed by atoms with Gasteiger partial charge in [0.15, 0.2) is 6.29 Å². The lowest BCUT2D eigenvalue weighted by molar-refractivity contribution is 0.111. The molecule has 3 nitrogen and oxygen atoms in total. The molecule has 0 unspecified atom stereocenters. The van der Waals surface area contributed by atoms with E-state index in [0.29, 0.717) is 11.3 Å². The quantitative estimate of drug-likeness (QED) is 0.690. The van der Waals surface area contributed by atoms with Gasteiger partial charge in [0, 0.05) is 10.9 Å². The summed E-state index contributed by atoms with van der Waals surface area (Å²) < 4.78 is 0. The molecule has 0 aliphatic heterocycles. The van der Waals surface area contributed by atoms with Gasteiger partial charge < -0.3 is 4.98 Å². The first-order valence-corrected chi connectivity index (χ1v) is 4.24. The van der Waals surface area contributed by atoms with Gasteiger partial charge in [0.25, 0.3) is 0 Å². The van der Waals surface area contributed by atoms with Crippen molar-refractivity contribution in [2.45, 2.75) is 6.92 Å². The third-order valence-electron chi connectivity index (χ3n) is 2.35. The molecule has 0 aliphatic rings. The summed E-state index contributed by atoms with van der Waals surface area (Å²) >= 11 is 0. The van der Waals surface area contributed by atoms with Crippen molar-refractivity contribution in [1.82, 2.24) is 4.98 Å². The molecule has 1 aromatic heterocycles. The minimum atomic E-state index is 0.544. The molecule has 3 heteroatoms. The molecule has 2 aromatic rings. The van der Waals surface area contributed by atoms with Crippen molar-refractivity contribution < 1.29 is 4.79 Å². The third-order valence-corrected chi connectivity index (χ3v) is 2.35. The number of benzene rings is 1. The lowest BCUT2D eigenvalue weighted by atomic mass is 10.1. The predicted molar refractivity (Wildman–Crippen MR) is 53.1 cm³/mol. The summed E-state index contributed by atoms with van der Waals surface area (Å²) in [5.74, 6) is 0. The lowest BCUT2D eigenvalue weighted by Gasteiger charge is -1.93. The number of rotatable bonds is 1. The van der Waals surface area contributed by atoms with Gasteiger partial charge in [0.1, 0.15) is 0 Å². The van der Waals surface area contributed by atoms with Crippen LogP contribution in [0.4, 0.5) is 0 Å². The predicted octanol–water partition coefficient (Wildman–Crippen LogP) is 2.16. The number of nitrogens with one attached hydrogen (secondary N) is 1. The van der Waals surface area contributed by atoms with Crippen LogP contribution in [0.5, 0.6) is 0 Å². The van der Waals surface area contributed by atoms with Crippen molar-refractivity contribution in [3.05, 3.63) is 35.0 Å². The molecule has 14 heavy (non-hydrogen) atoms. The van der Waals surface area contributed by atoms with Gasteiger partial charge in [-0.2, -0.15) is 5.26 Å². The largest absolute Gasteiger partial charge is 0.352 e. The van der Waals surface area contributed by atoms with Gasteiger partial charge in [0.2, 0.25) is 0 Å². The second-order valence-electron chi connectivity index (χ2n) is 3.12. The van der Waals surface area contributed by atoms with Gasteiger partial charge in [-0.25, -0.2) is 0 Å². The Hall–Kier alpha value is -2.08. The third kappa shape index (κ3) is 1.01. The molecule has 1 aromatic carbocycles. The number of aromatic nitrogens is 1. The van der Waals surface area contributed by atoms with Crippen LogP contribution in [0.1, 0.15) is 21.6 Å². The standard InChI is InChI=1S/C11H8N2O/c1-7-10(6-14)13-9-4-2-3-8(5-12)11(7)9/h2-4,6,13H,1H3. The molecule has 68 valence electrons. The molecule has 0 saturated heterocycles. The number of hydrogen-bond acceptors (Lipinski definition) is 2. The number of aromatic amines is 1. The van der Waals surface area contributed by atoms with Crippen molar-refractivity contribution in [3.8, 4) is 6.07 Å². The van der Waals surface area contributed by atoms with Crippen LogP contribution in [0.15, 0.2) is 18.2 Å². The minimum absolute atomic E-state index is 0.544. The number of nitriles is 1. The van der Waals surface area contributed by atoms with Crippen LogP contribution in [0, 0.1) is 18.3 Å². The van der Waals surface area contributed by atoms with Crippen molar-refractivity contribution in [3.63, 3.8) is 0 Å². The molecule has 1 N–H and O–H groups in total. The fraction of sp³-hybridized carbons (Fsp3) is 0.0909. The fourth-order valence-electron chi connectivity index (χ4n) is 1.65. The number of nitrogens with zero attached hydrogens (tertiary/aromatic N) is 1. The van der Waals surface area contributed by atoms with E-state index in [9.17, 15) is 4.79 Å². The number of carbonyl (C=O) groups excluding carboxylic acids is 1. The Kier molecular flexibility index (Phi) is 1.83. The summed E-state index contributed by atoms with van der Waals surface area (Å²) in [7, 11) is 0. The Labute approximate surface area is 81.0 Å². The first-order chi connectivity index (χ1) is 6.77. The van der Waals surface area contributed by atoms with E-state index in [-0.39, 0.29) is 0 Å². The topological polar surface area (TPSA) is 56.6 Å². The molecular formula is C11H8N2O. The molecule has 0 atom stereocenters. The number of carbonyl (C=O) groups is 1. The van der Waals surface area contributed by atoms with E-state index >= 15 is 0 Å². The normalized spacial score (nSPS) is 10.0. The highest BCUT2D eigenvalue weighted by molar-refractivity contribution is 5.95. The van der Waals surface area contributed by atoms with Crippen LogP contribution in [0.2, 0.25) is 0 Å². The molecule has 0 saturated carbocycles. The first kappa shape index (κ1) is 8.52. The summed E-state index contributed by atoms with van der Waals surface area (Å²) in [5.41, 5.74) is 2.82. The van der Waals surface area contributed by atoms with Crippen LogP contribution in [0.25, 0.3) is 10.9 Å². The van der Waals surface area contributed by atoms with Crippen molar-refractivity contribution in [2.24, 2.45) is 0 Å². The Morgan fingerprint density at radius 2 is 2.29 bits per heavy atom. The van der Waals surface area contributed by atoms with Crippen LogP contribution in [-0.2, 0) is 0 Å². The zero-order chi connectivity index (χ0) is 10.1. The number of H-pyrrole nitrogens is 1. The van der Waals surface area contributed by atoms with E-state index in [4.69, 9.17) is 5.26 Å². The monoisotopic (exact) mass is 184 g/mol. The van der Waals surface area contributed by atoms with Crippen LogP contribution >= 0.6 is 0 Å². The number of fused-ring (bicyclic) bond motifs is 1. The molecule has 0 fully saturated rings. The Balaban J connectivity index is 2.94. The van der Waals surface area contributed by atoms with E-state index in [1.165, 1.54) is 0 Å². The highest BCUT2D eigenvalue weighted by Gasteiger charge is 2.09. The SMILES string of the molecule is Cc1c(C=O)[nH]c2cccc(C#N)c12. The summed E-state index contributed by atoms with van der Waals surface area (Å²) in [6, 6.07) is 7.51. The molecular weight excluding hydrogens is 176 g/mol. The smallest absolute Gasteiger partial charge is 0.166 e. The highest BCUT2D eigenvalue weighted by atomic mass is 16.1. The van der Waals surface area contributed by atoms with Crippen molar-refractivity contribution >= 4 is 17.2 Å². The average Bonchev–Trinajstić information content (AvgIpc) is 2.55. The summed E-state index contributed by atoms with van der Waals surface area (Å²) in [6.07, 6.45) is 0.774. The highest BCUT2D eigenvalue weighted by Crippen LogP contribution is 2.23. The van der Waals surface area contributed by atoms with Crippen LogP contribution in [-0.4, -0.2) is 11.3 Å². The Morgan fingerprint density at radius 3 is 2.93 bits per heavy atom. The number of aryl methyl sites for hydroxylation is 1. The maximum absolute atomic E-state index is 10.7. The molecule has 0 amide bonds. The van der Waals surface area contributed by atoms with Gasteiger partial charge in [0.05, 0.1) is 17.3 Å². The fourth-order valence-corrected chi connectivity index (χ4v) is 1.65. The molecule has 0 radical (unpaired) electrons. The van der Waals surface area contributed by atoms with Crippen molar-refractivity contribution in [2.75, 3.05) is 0 Å². The van der Waals surface area contributed by atoms with Crippen LogP contribution in [0.3, 0.4) is 0 Å². The van der Waals surface area contributed by atoms with Crippen LogP contribution < -0.4 is 0 Å². The summed E-state index contributed by atoms with van der Waals surface area (Å²) in [5, 5.41) is 9.73. The van der Waals surface area contributed by atoms with E-state index in [0.717, 1.165) is 22.8 Å². The molecule has 1 heterocycles. The van der Waals surface area contributed by atoms with E-state index in [1.54, 1.807) is 12.1 Å². The van der Waals surface area contributed by atoms with Gasteiger partial charge >= 0.3 is 0 Å². The van der Waals surface area contributed by atoms with Gasteiger partial charge in [-0.05, 0) is 24.6 Å². The zero-order valence-corrected chi connectivity index (χ0v) is 7.66. The average molecular weight is 184 g/mol. The Bertz CT molecular complexity index is 546. The lowest BCUT2D eigenvalue weighted by Crippen LogP contribution is -1.81. The minimum Gasteiger partial charge on any atom is -0.352 e. The maximum Gasteiger partial charge on any atom is 0.166 e. The molecule has 2 rings (SSSR count). The zero-order valence-electron chi connectivity index (χ0n) is 7.66. The first-order valence-electron chi connectivity index (χ1n) is 4.24. The summed E-state index contributed by atoms with van der Waals surface area (Å²) in [4.78, 5) is 13.7. The van der Waals surface area contributed by atoms with E-state index in [2.05, 4.69) is 11.1 Å². The molecule has 0 spiro atoms. The van der Waals surface area contributed by atoms with Gasteiger partial charge in [-0.15, -0.1) is 0 Å².